The van der Waals surface area contributed by atoms with Crippen LogP contribution in [0.3, 0.4) is 0 Å². The number of hydrogen-bond donors (Lipinski definition) is 1. The zero-order valence-corrected chi connectivity index (χ0v) is 17.1. The number of anilines is 1. The van der Waals surface area contributed by atoms with E-state index in [4.69, 9.17) is 17.0 Å². The number of rotatable bonds is 5. The summed E-state index contributed by atoms with van der Waals surface area (Å²) < 4.78 is 19.7. The van der Waals surface area contributed by atoms with Gasteiger partial charge >= 0.3 is 0 Å². The lowest BCUT2D eigenvalue weighted by Crippen LogP contribution is -2.54. The van der Waals surface area contributed by atoms with E-state index in [1.54, 1.807) is 66.7 Å². The number of halogens is 1. The summed E-state index contributed by atoms with van der Waals surface area (Å²) in [6, 6.07) is 22.1. The number of thiocarbonyl (C=S) groups is 1. The first-order valence-corrected chi connectivity index (χ1v) is 9.87. The van der Waals surface area contributed by atoms with Gasteiger partial charge in [-0.3, -0.25) is 19.8 Å². The van der Waals surface area contributed by atoms with Crippen LogP contribution in [0.2, 0.25) is 0 Å². The molecule has 154 valence electrons. The van der Waals surface area contributed by atoms with Gasteiger partial charge in [-0.15, -0.1) is 0 Å². The standard InChI is InChI=1S/C24H17FN2O3S/c25-20-12-6-4-9-17(20)15-30-21-13-7-5-8-16(21)14-19-22(28)26-24(31)27(23(19)29)18-10-2-1-3-11-18/h1-14H,15H2,(H,26,28,31)/b19-14+. The number of para-hydroxylation sites is 2. The second kappa shape index (κ2) is 8.89. The fourth-order valence-corrected chi connectivity index (χ4v) is 3.41. The highest BCUT2D eigenvalue weighted by molar-refractivity contribution is 7.80. The van der Waals surface area contributed by atoms with Gasteiger partial charge in [-0.2, -0.15) is 0 Å². The molecule has 31 heavy (non-hydrogen) atoms. The van der Waals surface area contributed by atoms with Crippen molar-refractivity contribution >= 4 is 40.9 Å². The number of benzene rings is 3. The van der Waals surface area contributed by atoms with Crippen molar-refractivity contribution in [2.75, 3.05) is 4.90 Å². The molecule has 0 unspecified atom stereocenters. The minimum Gasteiger partial charge on any atom is -0.488 e. The molecule has 1 aliphatic heterocycles. The average Bonchev–Trinajstić information content (AvgIpc) is 2.77. The number of nitrogens with zero attached hydrogens (tertiary/aromatic N) is 1. The first-order valence-electron chi connectivity index (χ1n) is 9.46. The molecule has 0 aromatic heterocycles. The molecule has 3 aromatic rings. The molecule has 0 spiro atoms. The van der Waals surface area contributed by atoms with Crippen LogP contribution < -0.4 is 15.0 Å². The van der Waals surface area contributed by atoms with Crippen molar-refractivity contribution in [1.29, 1.82) is 0 Å². The summed E-state index contributed by atoms with van der Waals surface area (Å²) in [6.45, 7) is 0.00717. The Morgan fingerprint density at radius 3 is 2.39 bits per heavy atom. The molecule has 0 atom stereocenters. The van der Waals surface area contributed by atoms with Crippen LogP contribution >= 0.6 is 12.2 Å². The van der Waals surface area contributed by atoms with E-state index in [1.807, 2.05) is 6.07 Å². The van der Waals surface area contributed by atoms with Crippen LogP contribution in [0.4, 0.5) is 10.1 Å². The second-order valence-electron chi connectivity index (χ2n) is 6.71. The Bertz CT molecular complexity index is 1190. The topological polar surface area (TPSA) is 58.6 Å². The van der Waals surface area contributed by atoms with Gasteiger partial charge in [-0.1, -0.05) is 54.6 Å². The highest BCUT2D eigenvalue weighted by Gasteiger charge is 2.34. The molecule has 0 radical (unpaired) electrons. The van der Waals surface area contributed by atoms with Crippen molar-refractivity contribution in [2.24, 2.45) is 0 Å². The van der Waals surface area contributed by atoms with Crippen molar-refractivity contribution in [3.05, 3.63) is 101 Å². The van der Waals surface area contributed by atoms with Gasteiger partial charge in [0.25, 0.3) is 11.8 Å². The fraction of sp³-hybridized carbons (Fsp3) is 0.0417. The first-order chi connectivity index (χ1) is 15.0. The zero-order valence-electron chi connectivity index (χ0n) is 16.2. The van der Waals surface area contributed by atoms with Gasteiger partial charge in [-0.05, 0) is 42.6 Å². The number of carbonyl (C=O) groups is 2. The average molecular weight is 432 g/mol. The number of nitrogens with one attached hydrogen (secondary N) is 1. The Hall–Kier alpha value is -3.84. The maximum absolute atomic E-state index is 13.9. The van der Waals surface area contributed by atoms with Gasteiger partial charge in [0, 0.05) is 11.1 Å². The molecule has 0 bridgehead atoms. The number of amides is 2. The second-order valence-corrected chi connectivity index (χ2v) is 7.10. The minimum atomic E-state index is -0.592. The fourth-order valence-electron chi connectivity index (χ4n) is 3.13. The van der Waals surface area contributed by atoms with E-state index in [2.05, 4.69) is 5.32 Å². The van der Waals surface area contributed by atoms with Crippen LogP contribution in [-0.4, -0.2) is 16.9 Å². The molecule has 7 heteroatoms. The maximum Gasteiger partial charge on any atom is 0.270 e. The van der Waals surface area contributed by atoms with Crippen LogP contribution in [0.25, 0.3) is 6.08 Å². The molecule has 1 N–H and O–H groups in total. The van der Waals surface area contributed by atoms with E-state index >= 15 is 0 Å². The molecule has 0 saturated carbocycles. The number of ether oxygens (including phenoxy) is 1. The minimum absolute atomic E-state index is 0.00717. The summed E-state index contributed by atoms with van der Waals surface area (Å²) in [7, 11) is 0. The molecular weight excluding hydrogens is 415 g/mol. The van der Waals surface area contributed by atoms with Gasteiger partial charge in [0.2, 0.25) is 0 Å². The van der Waals surface area contributed by atoms with Gasteiger partial charge in [0.1, 0.15) is 23.7 Å². The van der Waals surface area contributed by atoms with Crippen LogP contribution in [-0.2, 0) is 16.2 Å². The molecule has 1 saturated heterocycles. The normalized spacial score (nSPS) is 15.2. The molecule has 1 fully saturated rings. The Morgan fingerprint density at radius 1 is 0.935 bits per heavy atom. The number of hydrogen-bond acceptors (Lipinski definition) is 4. The number of carbonyl (C=O) groups excluding carboxylic acids is 2. The summed E-state index contributed by atoms with van der Waals surface area (Å²) in [5.74, 6) is -1.08. The molecule has 3 aromatic carbocycles. The van der Waals surface area contributed by atoms with Gasteiger partial charge in [-0.25, -0.2) is 4.39 Å². The maximum atomic E-state index is 13.9. The monoisotopic (exact) mass is 432 g/mol. The van der Waals surface area contributed by atoms with E-state index in [0.717, 1.165) is 0 Å². The Balaban J connectivity index is 1.64. The van der Waals surface area contributed by atoms with Crippen molar-refractivity contribution in [3.63, 3.8) is 0 Å². The van der Waals surface area contributed by atoms with Gasteiger partial charge in [0.15, 0.2) is 5.11 Å². The molecule has 0 aliphatic carbocycles. The third-order valence-corrected chi connectivity index (χ3v) is 4.96. The Morgan fingerprint density at radius 2 is 1.61 bits per heavy atom. The Labute approximate surface area is 183 Å². The summed E-state index contributed by atoms with van der Waals surface area (Å²) in [5.41, 5.74) is 1.38. The lowest BCUT2D eigenvalue weighted by atomic mass is 10.1. The lowest BCUT2D eigenvalue weighted by Gasteiger charge is -2.28. The first kappa shape index (κ1) is 20.4. The van der Waals surface area contributed by atoms with E-state index < -0.39 is 11.8 Å². The molecular formula is C24H17FN2O3S. The van der Waals surface area contributed by atoms with Crippen molar-refractivity contribution in [3.8, 4) is 5.75 Å². The van der Waals surface area contributed by atoms with Gasteiger partial charge < -0.3 is 4.74 Å². The molecule has 2 amide bonds. The molecule has 1 heterocycles. The van der Waals surface area contributed by atoms with Crippen molar-refractivity contribution in [1.82, 2.24) is 5.32 Å². The Kier molecular flexibility index (Phi) is 5.86. The summed E-state index contributed by atoms with van der Waals surface area (Å²) in [6.07, 6.45) is 1.45. The lowest BCUT2D eigenvalue weighted by molar-refractivity contribution is -0.122. The van der Waals surface area contributed by atoms with Crippen molar-refractivity contribution < 1.29 is 18.7 Å². The molecule has 5 nitrogen and oxygen atoms in total. The highest BCUT2D eigenvalue weighted by atomic mass is 32.1. The van der Waals surface area contributed by atoms with E-state index in [1.165, 1.54) is 17.0 Å². The smallest absolute Gasteiger partial charge is 0.270 e. The van der Waals surface area contributed by atoms with Gasteiger partial charge in [0.05, 0.1) is 5.69 Å². The van der Waals surface area contributed by atoms with Crippen LogP contribution in [0, 0.1) is 5.82 Å². The molecule has 1 aliphatic rings. The zero-order chi connectivity index (χ0) is 21.8. The third-order valence-electron chi connectivity index (χ3n) is 4.68. The van der Waals surface area contributed by atoms with E-state index in [9.17, 15) is 14.0 Å². The third kappa shape index (κ3) is 4.36. The summed E-state index contributed by atoms with van der Waals surface area (Å²) in [5, 5.41) is 2.57. The van der Waals surface area contributed by atoms with Crippen LogP contribution in [0.15, 0.2) is 84.4 Å². The summed E-state index contributed by atoms with van der Waals surface area (Å²) in [4.78, 5) is 26.9. The van der Waals surface area contributed by atoms with Crippen LogP contribution in [0.1, 0.15) is 11.1 Å². The quantitative estimate of drug-likeness (QED) is 0.372. The largest absolute Gasteiger partial charge is 0.488 e. The predicted molar refractivity (Wildman–Crippen MR) is 120 cm³/mol. The van der Waals surface area contributed by atoms with Crippen LogP contribution in [0.5, 0.6) is 5.75 Å². The van der Waals surface area contributed by atoms with E-state index in [0.29, 0.717) is 22.6 Å². The molecule has 4 rings (SSSR count). The van der Waals surface area contributed by atoms with Crippen molar-refractivity contribution in [2.45, 2.75) is 6.61 Å². The SMILES string of the molecule is O=C1NC(=S)N(c2ccccc2)C(=O)/C1=C/c1ccccc1OCc1ccccc1F. The van der Waals surface area contributed by atoms with E-state index in [-0.39, 0.29) is 23.1 Å². The highest BCUT2D eigenvalue weighted by Crippen LogP contribution is 2.26. The summed E-state index contributed by atoms with van der Waals surface area (Å²) >= 11 is 5.20. The predicted octanol–water partition coefficient (Wildman–Crippen LogP) is 4.24.